The van der Waals surface area contributed by atoms with Crippen molar-refractivity contribution in [1.82, 2.24) is 10.2 Å². The molecule has 1 heterocycles. The summed E-state index contributed by atoms with van der Waals surface area (Å²) in [6.45, 7) is 10.3. The number of amides is 2. The van der Waals surface area contributed by atoms with Gasteiger partial charge in [-0.2, -0.15) is 0 Å². The van der Waals surface area contributed by atoms with Gasteiger partial charge in [0.2, 0.25) is 11.8 Å². The highest BCUT2D eigenvalue weighted by molar-refractivity contribution is 5.81. The van der Waals surface area contributed by atoms with Gasteiger partial charge in [0, 0.05) is 31.5 Å². The number of nitrogens with zero attached hydrogens (tertiary/aromatic N) is 1. The van der Waals surface area contributed by atoms with Gasteiger partial charge in [-0.3, -0.25) is 9.59 Å². The predicted molar refractivity (Wildman–Crippen MR) is 76.7 cm³/mol. The maximum atomic E-state index is 12.0. The highest BCUT2D eigenvalue weighted by atomic mass is 16.2. The average molecular weight is 268 g/mol. The molecule has 1 fully saturated rings. The first-order valence-electron chi connectivity index (χ1n) is 7.37. The molecular formula is C15H28N2O2. The molecule has 0 atom stereocenters. The van der Waals surface area contributed by atoms with Gasteiger partial charge in [0.05, 0.1) is 0 Å². The zero-order chi connectivity index (χ0) is 14.5. The van der Waals surface area contributed by atoms with Gasteiger partial charge in [0.15, 0.2) is 0 Å². The van der Waals surface area contributed by atoms with Crippen LogP contribution in [-0.2, 0) is 9.59 Å². The molecule has 0 unspecified atom stereocenters. The van der Waals surface area contributed by atoms with Crippen LogP contribution in [0.5, 0.6) is 0 Å². The lowest BCUT2D eigenvalue weighted by atomic mass is 9.96. The molecule has 0 saturated carbocycles. The summed E-state index contributed by atoms with van der Waals surface area (Å²) in [5.41, 5.74) is -0.354. The van der Waals surface area contributed by atoms with Gasteiger partial charge in [-0.05, 0) is 25.2 Å². The monoisotopic (exact) mass is 268 g/mol. The molecule has 1 saturated heterocycles. The van der Waals surface area contributed by atoms with Gasteiger partial charge < -0.3 is 10.2 Å². The minimum Gasteiger partial charge on any atom is -0.356 e. The maximum absolute atomic E-state index is 12.0. The number of hydrogen-bond acceptors (Lipinski definition) is 2. The van der Waals surface area contributed by atoms with Crippen molar-refractivity contribution in [2.45, 2.75) is 53.4 Å². The molecule has 0 aliphatic carbocycles. The lowest BCUT2D eigenvalue weighted by Gasteiger charge is -2.30. The molecule has 0 aromatic rings. The topological polar surface area (TPSA) is 49.4 Å². The third-order valence-electron chi connectivity index (χ3n) is 3.67. The Bertz CT molecular complexity index is 313. The second-order valence-electron chi connectivity index (χ2n) is 6.67. The van der Waals surface area contributed by atoms with E-state index in [1.54, 1.807) is 0 Å². The van der Waals surface area contributed by atoms with Gasteiger partial charge >= 0.3 is 0 Å². The van der Waals surface area contributed by atoms with Crippen molar-refractivity contribution in [2.75, 3.05) is 19.6 Å². The third kappa shape index (κ3) is 5.62. The number of nitrogens with one attached hydrogen (secondary N) is 1. The summed E-state index contributed by atoms with van der Waals surface area (Å²) in [4.78, 5) is 25.6. The molecule has 1 N–H and O–H groups in total. The molecule has 1 aliphatic heterocycles. The summed E-state index contributed by atoms with van der Waals surface area (Å²) >= 11 is 0. The fraction of sp³-hybridized carbons (Fsp3) is 0.867. The van der Waals surface area contributed by atoms with E-state index in [9.17, 15) is 9.59 Å². The van der Waals surface area contributed by atoms with E-state index >= 15 is 0 Å². The summed E-state index contributed by atoms with van der Waals surface area (Å²) in [6.07, 6.45) is 3.50. The number of rotatable bonds is 4. The Morgan fingerprint density at radius 2 is 1.79 bits per heavy atom. The molecular weight excluding hydrogens is 240 g/mol. The summed E-state index contributed by atoms with van der Waals surface area (Å²) in [5.74, 6) is 1.03. The second-order valence-corrected chi connectivity index (χ2v) is 6.67. The second kappa shape index (κ2) is 6.92. The van der Waals surface area contributed by atoms with Crippen LogP contribution in [0.1, 0.15) is 53.4 Å². The van der Waals surface area contributed by atoms with Gasteiger partial charge in [-0.15, -0.1) is 0 Å². The maximum Gasteiger partial charge on any atom is 0.225 e. The van der Waals surface area contributed by atoms with Crippen molar-refractivity contribution in [3.05, 3.63) is 0 Å². The van der Waals surface area contributed by atoms with Crippen LogP contribution in [0.2, 0.25) is 0 Å². The van der Waals surface area contributed by atoms with Crippen molar-refractivity contribution in [3.63, 3.8) is 0 Å². The van der Waals surface area contributed by atoms with E-state index in [2.05, 4.69) is 12.2 Å². The highest BCUT2D eigenvalue weighted by Crippen LogP contribution is 2.17. The van der Waals surface area contributed by atoms with Crippen LogP contribution in [0.4, 0.5) is 0 Å². The molecule has 0 aromatic heterocycles. The Hall–Kier alpha value is -1.06. The van der Waals surface area contributed by atoms with E-state index < -0.39 is 0 Å². The molecule has 0 radical (unpaired) electrons. The van der Waals surface area contributed by atoms with Crippen LogP contribution in [0.25, 0.3) is 0 Å². The zero-order valence-corrected chi connectivity index (χ0v) is 12.8. The molecule has 4 heteroatoms. The van der Waals surface area contributed by atoms with Crippen molar-refractivity contribution >= 4 is 11.8 Å². The number of carbonyl (C=O) groups excluding carboxylic acids is 2. The Morgan fingerprint density at radius 3 is 2.32 bits per heavy atom. The van der Waals surface area contributed by atoms with Gasteiger partial charge in [-0.1, -0.05) is 27.7 Å². The highest BCUT2D eigenvalue weighted by Gasteiger charge is 2.21. The molecule has 1 aliphatic rings. The van der Waals surface area contributed by atoms with Crippen molar-refractivity contribution in [2.24, 2.45) is 11.3 Å². The number of hydrogen-bond donors (Lipinski definition) is 1. The normalized spacial score (nSPS) is 17.4. The van der Waals surface area contributed by atoms with Gasteiger partial charge in [0.25, 0.3) is 0 Å². The first-order chi connectivity index (χ1) is 8.80. The Labute approximate surface area is 116 Å². The molecule has 0 aromatic carbocycles. The Kier molecular flexibility index (Phi) is 5.83. The van der Waals surface area contributed by atoms with Gasteiger partial charge in [0.1, 0.15) is 0 Å². The third-order valence-corrected chi connectivity index (χ3v) is 3.67. The van der Waals surface area contributed by atoms with E-state index in [0.717, 1.165) is 38.3 Å². The molecule has 2 amide bonds. The van der Waals surface area contributed by atoms with E-state index in [1.807, 2.05) is 25.7 Å². The molecule has 19 heavy (non-hydrogen) atoms. The quantitative estimate of drug-likeness (QED) is 0.795. The standard InChI is InChI=1S/C15H28N2O2/c1-12-7-10-17(11-8-12)13(18)6-5-9-16-14(19)15(2,3)4/h12H,5-11H2,1-4H3,(H,16,19). The molecule has 110 valence electrons. The van der Waals surface area contributed by atoms with Crippen LogP contribution < -0.4 is 5.32 Å². The number of likely N-dealkylation sites (tertiary alicyclic amines) is 1. The Balaban J connectivity index is 2.16. The van der Waals surface area contributed by atoms with Crippen LogP contribution >= 0.6 is 0 Å². The largest absolute Gasteiger partial charge is 0.356 e. The fourth-order valence-electron chi connectivity index (χ4n) is 2.12. The predicted octanol–water partition coefficient (Wildman–Crippen LogP) is 2.19. The van der Waals surface area contributed by atoms with E-state index in [-0.39, 0.29) is 17.2 Å². The summed E-state index contributed by atoms with van der Waals surface area (Å²) < 4.78 is 0. The SMILES string of the molecule is CC1CCN(C(=O)CCCNC(=O)C(C)(C)C)CC1. The van der Waals surface area contributed by atoms with Crippen LogP contribution in [0.15, 0.2) is 0 Å². The van der Waals surface area contributed by atoms with E-state index in [0.29, 0.717) is 13.0 Å². The molecule has 0 spiro atoms. The summed E-state index contributed by atoms with van der Waals surface area (Å²) in [5, 5.41) is 2.88. The summed E-state index contributed by atoms with van der Waals surface area (Å²) in [6, 6.07) is 0. The molecule has 0 bridgehead atoms. The van der Waals surface area contributed by atoms with Crippen LogP contribution in [0.3, 0.4) is 0 Å². The lowest BCUT2D eigenvalue weighted by molar-refractivity contribution is -0.133. The fourth-order valence-corrected chi connectivity index (χ4v) is 2.12. The molecule has 4 nitrogen and oxygen atoms in total. The number of piperidine rings is 1. The minimum absolute atomic E-state index is 0.0479. The zero-order valence-electron chi connectivity index (χ0n) is 12.8. The van der Waals surface area contributed by atoms with E-state index in [4.69, 9.17) is 0 Å². The minimum atomic E-state index is -0.354. The first-order valence-corrected chi connectivity index (χ1v) is 7.37. The number of carbonyl (C=O) groups is 2. The van der Waals surface area contributed by atoms with Gasteiger partial charge in [-0.25, -0.2) is 0 Å². The van der Waals surface area contributed by atoms with Crippen molar-refractivity contribution < 1.29 is 9.59 Å². The summed E-state index contributed by atoms with van der Waals surface area (Å²) in [7, 11) is 0. The van der Waals surface area contributed by atoms with E-state index in [1.165, 1.54) is 0 Å². The van der Waals surface area contributed by atoms with Crippen LogP contribution in [-0.4, -0.2) is 36.3 Å². The first kappa shape index (κ1) is 16.0. The average Bonchev–Trinajstić information content (AvgIpc) is 2.33. The Morgan fingerprint density at radius 1 is 1.21 bits per heavy atom. The van der Waals surface area contributed by atoms with Crippen LogP contribution in [0, 0.1) is 11.3 Å². The van der Waals surface area contributed by atoms with Crippen molar-refractivity contribution in [3.8, 4) is 0 Å². The molecule has 1 rings (SSSR count). The lowest BCUT2D eigenvalue weighted by Crippen LogP contribution is -2.39. The van der Waals surface area contributed by atoms with Crippen molar-refractivity contribution in [1.29, 1.82) is 0 Å². The smallest absolute Gasteiger partial charge is 0.225 e.